The van der Waals surface area contributed by atoms with Crippen molar-refractivity contribution in [2.45, 2.75) is 32.2 Å². The number of halogens is 2. The van der Waals surface area contributed by atoms with Gasteiger partial charge < -0.3 is 10.6 Å². The van der Waals surface area contributed by atoms with E-state index in [4.69, 9.17) is 0 Å². The molecular weight excluding hydrogens is 406 g/mol. The van der Waals surface area contributed by atoms with E-state index in [-0.39, 0.29) is 29.8 Å². The van der Waals surface area contributed by atoms with Gasteiger partial charge in [-0.1, -0.05) is 19.1 Å². The molecule has 0 saturated heterocycles. The molecule has 0 spiro atoms. The van der Waals surface area contributed by atoms with Crippen LogP contribution in [0.25, 0.3) is 0 Å². The Balaban J connectivity index is 0.00000264. The van der Waals surface area contributed by atoms with Crippen molar-refractivity contribution < 1.29 is 4.39 Å². The second kappa shape index (κ2) is 10.8. The van der Waals surface area contributed by atoms with Crippen molar-refractivity contribution >= 4 is 29.9 Å². The van der Waals surface area contributed by atoms with Crippen LogP contribution in [0.3, 0.4) is 0 Å². The summed E-state index contributed by atoms with van der Waals surface area (Å²) in [5.74, 6) is 0.628. The number of hydrogen-bond acceptors (Lipinski definition) is 2. The van der Waals surface area contributed by atoms with Crippen molar-refractivity contribution in [3.63, 3.8) is 0 Å². The molecule has 1 aliphatic rings. The lowest BCUT2D eigenvalue weighted by Crippen LogP contribution is -2.42. The van der Waals surface area contributed by atoms with Gasteiger partial charge in [0.2, 0.25) is 0 Å². The average molecular weight is 434 g/mol. The largest absolute Gasteiger partial charge is 0.356 e. The van der Waals surface area contributed by atoms with E-state index in [0.717, 1.165) is 50.2 Å². The van der Waals surface area contributed by atoms with E-state index >= 15 is 0 Å². The van der Waals surface area contributed by atoms with Crippen molar-refractivity contribution in [3.05, 3.63) is 35.6 Å². The minimum absolute atomic E-state index is 0. The Morgan fingerprint density at radius 1 is 1.30 bits per heavy atom. The van der Waals surface area contributed by atoms with Gasteiger partial charge in [-0.2, -0.15) is 0 Å². The monoisotopic (exact) mass is 434 g/mol. The number of benzene rings is 1. The Morgan fingerprint density at radius 2 is 2.04 bits per heavy atom. The predicted molar refractivity (Wildman–Crippen MR) is 105 cm³/mol. The third-order valence-corrected chi connectivity index (χ3v) is 3.98. The molecule has 1 fully saturated rings. The van der Waals surface area contributed by atoms with Crippen LogP contribution in [0.15, 0.2) is 29.3 Å². The molecule has 1 saturated carbocycles. The number of hydrogen-bond donors (Lipinski definition) is 2. The standard InChI is InChI=1S/C17H27FN4.HI/c1-3-22(16-7-8-16)12-11-21-17(19-2)20-10-9-14-5-4-6-15(18)13-14;/h4-6,13,16H,3,7-12H2,1-2H3,(H2,19,20,21);1H. The van der Waals surface area contributed by atoms with E-state index < -0.39 is 0 Å². The number of guanidine groups is 1. The zero-order valence-corrected chi connectivity index (χ0v) is 16.3. The van der Waals surface area contributed by atoms with Gasteiger partial charge in [0.05, 0.1) is 0 Å². The van der Waals surface area contributed by atoms with Crippen LogP contribution in [-0.4, -0.2) is 50.1 Å². The van der Waals surface area contributed by atoms with Crippen LogP contribution < -0.4 is 10.6 Å². The number of likely N-dealkylation sites (N-methyl/N-ethyl adjacent to an activating group) is 1. The average Bonchev–Trinajstić information content (AvgIpc) is 3.34. The van der Waals surface area contributed by atoms with Gasteiger partial charge >= 0.3 is 0 Å². The van der Waals surface area contributed by atoms with Crippen LogP contribution in [-0.2, 0) is 6.42 Å². The first-order valence-corrected chi connectivity index (χ1v) is 8.16. The van der Waals surface area contributed by atoms with Crippen LogP contribution in [0.5, 0.6) is 0 Å². The van der Waals surface area contributed by atoms with Gasteiger partial charge in [-0.15, -0.1) is 24.0 Å². The van der Waals surface area contributed by atoms with E-state index in [1.165, 1.54) is 18.9 Å². The number of nitrogens with zero attached hydrogens (tertiary/aromatic N) is 2. The smallest absolute Gasteiger partial charge is 0.191 e. The molecule has 6 heteroatoms. The quantitative estimate of drug-likeness (QED) is 0.376. The highest BCUT2D eigenvalue weighted by atomic mass is 127. The molecule has 0 heterocycles. The molecule has 2 rings (SSSR count). The third-order valence-electron chi connectivity index (χ3n) is 3.98. The SMILES string of the molecule is CCN(CCNC(=NC)NCCc1cccc(F)c1)C1CC1.I. The second-order valence-corrected chi connectivity index (χ2v) is 5.67. The highest BCUT2D eigenvalue weighted by Gasteiger charge is 2.27. The van der Waals surface area contributed by atoms with Gasteiger partial charge in [0.1, 0.15) is 5.82 Å². The van der Waals surface area contributed by atoms with E-state index in [1.807, 2.05) is 6.07 Å². The molecule has 23 heavy (non-hydrogen) atoms. The summed E-state index contributed by atoms with van der Waals surface area (Å²) in [5, 5.41) is 6.61. The van der Waals surface area contributed by atoms with Gasteiger partial charge in [0, 0.05) is 32.7 Å². The summed E-state index contributed by atoms with van der Waals surface area (Å²) in [6, 6.07) is 7.53. The Labute approximate surface area is 156 Å². The van der Waals surface area contributed by atoms with Gasteiger partial charge in [-0.05, 0) is 43.5 Å². The van der Waals surface area contributed by atoms with Crippen molar-refractivity contribution in [1.82, 2.24) is 15.5 Å². The molecule has 1 aliphatic carbocycles. The molecule has 1 aromatic rings. The Kier molecular flexibility index (Phi) is 9.47. The van der Waals surface area contributed by atoms with Crippen molar-refractivity contribution in [1.29, 1.82) is 0 Å². The molecule has 0 unspecified atom stereocenters. The molecule has 0 atom stereocenters. The number of rotatable bonds is 8. The van der Waals surface area contributed by atoms with Gasteiger partial charge in [-0.3, -0.25) is 9.89 Å². The van der Waals surface area contributed by atoms with Gasteiger partial charge in [-0.25, -0.2) is 4.39 Å². The fraction of sp³-hybridized carbons (Fsp3) is 0.588. The zero-order valence-electron chi connectivity index (χ0n) is 14.0. The highest BCUT2D eigenvalue weighted by molar-refractivity contribution is 14.0. The molecule has 1 aromatic carbocycles. The van der Waals surface area contributed by atoms with Crippen LogP contribution in [0.4, 0.5) is 4.39 Å². The Morgan fingerprint density at radius 3 is 2.65 bits per heavy atom. The number of aliphatic imine (C=N–C) groups is 1. The molecule has 0 bridgehead atoms. The first-order chi connectivity index (χ1) is 10.7. The first kappa shape index (κ1) is 20.2. The molecule has 2 N–H and O–H groups in total. The molecule has 4 nitrogen and oxygen atoms in total. The fourth-order valence-corrected chi connectivity index (χ4v) is 2.59. The summed E-state index contributed by atoms with van der Waals surface area (Å²) in [6.07, 6.45) is 3.46. The highest BCUT2D eigenvalue weighted by Crippen LogP contribution is 2.25. The maximum atomic E-state index is 13.1. The topological polar surface area (TPSA) is 39.7 Å². The maximum Gasteiger partial charge on any atom is 0.191 e. The van der Waals surface area contributed by atoms with Gasteiger partial charge in [0.25, 0.3) is 0 Å². The van der Waals surface area contributed by atoms with Crippen molar-refractivity contribution in [3.8, 4) is 0 Å². The van der Waals surface area contributed by atoms with E-state index in [2.05, 4.69) is 27.4 Å². The van der Waals surface area contributed by atoms with E-state index in [1.54, 1.807) is 19.2 Å². The Bertz CT molecular complexity index is 491. The molecule has 0 amide bonds. The normalized spacial score (nSPS) is 14.5. The third kappa shape index (κ3) is 7.48. The minimum Gasteiger partial charge on any atom is -0.356 e. The van der Waals surface area contributed by atoms with Crippen molar-refractivity contribution in [2.24, 2.45) is 4.99 Å². The molecule has 0 aromatic heterocycles. The first-order valence-electron chi connectivity index (χ1n) is 8.16. The lowest BCUT2D eigenvalue weighted by atomic mass is 10.1. The fourth-order valence-electron chi connectivity index (χ4n) is 2.59. The van der Waals surface area contributed by atoms with Crippen molar-refractivity contribution in [2.75, 3.05) is 33.2 Å². The summed E-state index contributed by atoms with van der Waals surface area (Å²) < 4.78 is 13.1. The van der Waals surface area contributed by atoms with Crippen LogP contribution >= 0.6 is 24.0 Å². The lowest BCUT2D eigenvalue weighted by Gasteiger charge is -2.20. The predicted octanol–water partition coefficient (Wildman–Crippen LogP) is 2.64. The van der Waals surface area contributed by atoms with E-state index in [0.29, 0.717) is 0 Å². The Hall–Kier alpha value is -0.890. The molecular formula is C17H28FIN4. The van der Waals surface area contributed by atoms with Crippen LogP contribution in [0.1, 0.15) is 25.3 Å². The summed E-state index contributed by atoms with van der Waals surface area (Å²) in [7, 11) is 1.77. The lowest BCUT2D eigenvalue weighted by molar-refractivity contribution is 0.282. The number of nitrogens with one attached hydrogen (secondary N) is 2. The molecule has 0 aliphatic heterocycles. The summed E-state index contributed by atoms with van der Waals surface area (Å²) >= 11 is 0. The zero-order chi connectivity index (χ0) is 15.8. The summed E-state index contributed by atoms with van der Waals surface area (Å²) in [4.78, 5) is 6.73. The second-order valence-electron chi connectivity index (χ2n) is 5.67. The van der Waals surface area contributed by atoms with Crippen LogP contribution in [0.2, 0.25) is 0 Å². The summed E-state index contributed by atoms with van der Waals surface area (Å²) in [5.41, 5.74) is 0.994. The van der Waals surface area contributed by atoms with Gasteiger partial charge in [0.15, 0.2) is 5.96 Å². The summed E-state index contributed by atoms with van der Waals surface area (Å²) in [6.45, 7) is 6.00. The van der Waals surface area contributed by atoms with E-state index in [9.17, 15) is 4.39 Å². The minimum atomic E-state index is -0.181. The van der Waals surface area contributed by atoms with Crippen LogP contribution in [0, 0.1) is 5.82 Å². The maximum absolute atomic E-state index is 13.1. The molecule has 130 valence electrons. The molecule has 0 radical (unpaired) electrons.